The minimum absolute atomic E-state index is 0.745. The van der Waals surface area contributed by atoms with Crippen molar-refractivity contribution in [1.82, 2.24) is 8.43 Å². The fraction of sp³-hybridized carbons (Fsp3) is 1.00. The van der Waals surface area contributed by atoms with Gasteiger partial charge in [-0.1, -0.05) is 0 Å². The van der Waals surface area contributed by atoms with Crippen molar-refractivity contribution in [3.63, 3.8) is 0 Å². The lowest BCUT2D eigenvalue weighted by molar-refractivity contribution is 0.0356. The Balaban J connectivity index is 1.83. The summed E-state index contributed by atoms with van der Waals surface area (Å²) in [4.78, 5) is 0. The van der Waals surface area contributed by atoms with Crippen LogP contribution in [0.3, 0.4) is 0 Å². The van der Waals surface area contributed by atoms with Gasteiger partial charge in [0.2, 0.25) is 0 Å². The number of nitrogens with one attached hydrogen (secondary N) is 1. The minimum atomic E-state index is 0.745. The largest absolute Gasteiger partial charge is 0.317 e. The number of piperidine rings is 1. The second kappa shape index (κ2) is 3.42. The zero-order valence-corrected chi connectivity index (χ0v) is 9.80. The SMILES string of the molecule is CNC1CC2(CCN(I)CC2)C1. The topological polar surface area (TPSA) is 15.3 Å². The Bertz CT molecular complexity index is 148. The molecule has 1 saturated heterocycles. The van der Waals surface area contributed by atoms with Crippen LogP contribution in [0.1, 0.15) is 25.7 Å². The predicted molar refractivity (Wildman–Crippen MR) is 59.3 cm³/mol. The van der Waals surface area contributed by atoms with Crippen LogP contribution in [-0.2, 0) is 0 Å². The molecule has 1 aliphatic carbocycles. The first-order chi connectivity index (χ1) is 5.74. The van der Waals surface area contributed by atoms with Gasteiger partial charge in [0.15, 0.2) is 0 Å². The van der Waals surface area contributed by atoms with Gasteiger partial charge in [0, 0.05) is 42.0 Å². The van der Waals surface area contributed by atoms with Gasteiger partial charge in [-0.15, -0.1) is 0 Å². The summed E-state index contributed by atoms with van der Waals surface area (Å²) in [6, 6.07) is 0.825. The molecule has 1 spiro atoms. The Morgan fingerprint density at radius 1 is 1.33 bits per heavy atom. The van der Waals surface area contributed by atoms with E-state index >= 15 is 0 Å². The molecule has 0 radical (unpaired) electrons. The van der Waals surface area contributed by atoms with Crippen molar-refractivity contribution in [3.05, 3.63) is 0 Å². The fourth-order valence-electron chi connectivity index (χ4n) is 2.55. The summed E-state index contributed by atoms with van der Waals surface area (Å²) < 4.78 is 2.43. The molecule has 12 heavy (non-hydrogen) atoms. The Hall–Kier alpha value is 0.650. The lowest BCUT2D eigenvalue weighted by Gasteiger charge is -2.51. The molecule has 2 fully saturated rings. The molecule has 0 aromatic carbocycles. The standard InChI is InChI=1S/C9H17IN2/c1-11-8-6-9(7-8)2-4-12(10)5-3-9/h8,11H,2-7H2,1H3. The highest BCUT2D eigenvalue weighted by Gasteiger charge is 2.44. The van der Waals surface area contributed by atoms with Gasteiger partial charge < -0.3 is 5.32 Å². The number of rotatable bonds is 1. The first kappa shape index (κ1) is 9.21. The van der Waals surface area contributed by atoms with Crippen molar-refractivity contribution >= 4 is 22.9 Å². The van der Waals surface area contributed by atoms with Gasteiger partial charge in [0.05, 0.1) is 0 Å². The zero-order chi connectivity index (χ0) is 8.60. The molecule has 0 amide bonds. The number of hydrogen-bond donors (Lipinski definition) is 1. The van der Waals surface area contributed by atoms with E-state index in [0.29, 0.717) is 0 Å². The lowest BCUT2D eigenvalue weighted by Crippen LogP contribution is -2.51. The Morgan fingerprint density at radius 3 is 2.42 bits per heavy atom. The van der Waals surface area contributed by atoms with Crippen LogP contribution in [0.2, 0.25) is 0 Å². The van der Waals surface area contributed by atoms with Crippen LogP contribution in [0.15, 0.2) is 0 Å². The third-order valence-electron chi connectivity index (χ3n) is 3.54. The van der Waals surface area contributed by atoms with Gasteiger partial charge in [-0.25, -0.2) is 3.11 Å². The Morgan fingerprint density at radius 2 is 1.92 bits per heavy atom. The van der Waals surface area contributed by atoms with Crippen LogP contribution < -0.4 is 5.32 Å². The number of halogens is 1. The normalized spacial score (nSPS) is 30.5. The molecule has 2 nitrogen and oxygen atoms in total. The molecule has 1 saturated carbocycles. The highest BCUT2D eigenvalue weighted by molar-refractivity contribution is 14.1. The summed E-state index contributed by atoms with van der Waals surface area (Å²) in [6.07, 6.45) is 5.70. The van der Waals surface area contributed by atoms with Crippen LogP contribution in [0.25, 0.3) is 0 Å². The summed E-state index contributed by atoms with van der Waals surface area (Å²) in [5.41, 5.74) is 0.745. The Kier molecular flexibility index (Phi) is 2.63. The lowest BCUT2D eigenvalue weighted by atomic mass is 9.61. The molecule has 0 unspecified atom stereocenters. The summed E-state index contributed by atoms with van der Waals surface area (Å²) in [7, 11) is 2.09. The average molecular weight is 280 g/mol. The summed E-state index contributed by atoms with van der Waals surface area (Å²) in [6.45, 7) is 2.61. The summed E-state index contributed by atoms with van der Waals surface area (Å²) in [5.74, 6) is 0. The van der Waals surface area contributed by atoms with Crippen LogP contribution in [0, 0.1) is 5.41 Å². The maximum atomic E-state index is 3.37. The van der Waals surface area contributed by atoms with Crippen molar-refractivity contribution in [3.8, 4) is 0 Å². The quantitative estimate of drug-likeness (QED) is 0.582. The molecular weight excluding hydrogens is 263 g/mol. The highest BCUT2D eigenvalue weighted by Crippen LogP contribution is 2.49. The summed E-state index contributed by atoms with van der Waals surface area (Å²) >= 11 is 2.45. The van der Waals surface area contributed by atoms with Crippen molar-refractivity contribution in [2.75, 3.05) is 20.1 Å². The van der Waals surface area contributed by atoms with Crippen LogP contribution in [0.4, 0.5) is 0 Å². The van der Waals surface area contributed by atoms with Crippen molar-refractivity contribution in [1.29, 1.82) is 0 Å². The summed E-state index contributed by atoms with van der Waals surface area (Å²) in [5, 5.41) is 3.37. The van der Waals surface area contributed by atoms with Gasteiger partial charge in [0.25, 0.3) is 0 Å². The van der Waals surface area contributed by atoms with Gasteiger partial charge in [0.1, 0.15) is 0 Å². The third kappa shape index (κ3) is 1.63. The molecule has 1 heterocycles. The highest BCUT2D eigenvalue weighted by atomic mass is 127. The minimum Gasteiger partial charge on any atom is -0.317 e. The molecule has 2 aliphatic rings. The van der Waals surface area contributed by atoms with E-state index in [-0.39, 0.29) is 0 Å². The molecule has 0 bridgehead atoms. The van der Waals surface area contributed by atoms with Crippen LogP contribution in [0.5, 0.6) is 0 Å². The molecule has 1 aliphatic heterocycles. The molecule has 0 aromatic rings. The molecular formula is C9H17IN2. The van der Waals surface area contributed by atoms with Crippen molar-refractivity contribution < 1.29 is 0 Å². The van der Waals surface area contributed by atoms with E-state index in [1.165, 1.54) is 38.8 Å². The van der Waals surface area contributed by atoms with E-state index in [4.69, 9.17) is 0 Å². The molecule has 2 rings (SSSR count). The predicted octanol–water partition coefficient (Wildman–Crippen LogP) is 1.80. The van der Waals surface area contributed by atoms with E-state index in [9.17, 15) is 0 Å². The monoisotopic (exact) mass is 280 g/mol. The van der Waals surface area contributed by atoms with Gasteiger partial charge in [-0.2, -0.15) is 0 Å². The molecule has 1 N–H and O–H groups in total. The maximum Gasteiger partial charge on any atom is 0.0201 e. The maximum absolute atomic E-state index is 3.37. The second-order valence-corrected chi connectivity index (χ2v) is 5.67. The molecule has 70 valence electrons. The van der Waals surface area contributed by atoms with E-state index in [2.05, 4.69) is 38.3 Å². The van der Waals surface area contributed by atoms with E-state index < -0.39 is 0 Å². The number of nitrogens with zero attached hydrogens (tertiary/aromatic N) is 1. The van der Waals surface area contributed by atoms with E-state index in [1.54, 1.807) is 0 Å². The number of hydrogen-bond acceptors (Lipinski definition) is 2. The molecule has 3 heteroatoms. The van der Waals surface area contributed by atoms with E-state index in [1.807, 2.05) is 0 Å². The first-order valence-electron chi connectivity index (χ1n) is 4.82. The Labute approximate surface area is 88.6 Å². The first-order valence-corrected chi connectivity index (χ1v) is 5.79. The molecule has 0 aromatic heterocycles. The smallest absolute Gasteiger partial charge is 0.0201 e. The van der Waals surface area contributed by atoms with E-state index in [0.717, 1.165) is 11.5 Å². The van der Waals surface area contributed by atoms with Gasteiger partial charge in [-0.05, 0) is 38.1 Å². The third-order valence-corrected chi connectivity index (χ3v) is 4.50. The van der Waals surface area contributed by atoms with Gasteiger partial charge >= 0.3 is 0 Å². The van der Waals surface area contributed by atoms with Crippen molar-refractivity contribution in [2.45, 2.75) is 31.7 Å². The average Bonchev–Trinajstić information content (AvgIpc) is 2.02. The van der Waals surface area contributed by atoms with Crippen LogP contribution in [-0.4, -0.2) is 29.3 Å². The van der Waals surface area contributed by atoms with Crippen LogP contribution >= 0.6 is 22.9 Å². The molecule has 0 atom stereocenters. The van der Waals surface area contributed by atoms with Gasteiger partial charge in [-0.3, -0.25) is 0 Å². The fourth-order valence-corrected chi connectivity index (χ4v) is 3.03. The zero-order valence-electron chi connectivity index (χ0n) is 7.65. The van der Waals surface area contributed by atoms with Crippen molar-refractivity contribution in [2.24, 2.45) is 5.41 Å². The second-order valence-electron chi connectivity index (χ2n) is 4.30.